The minimum atomic E-state index is -0.478. The summed E-state index contributed by atoms with van der Waals surface area (Å²) in [6.45, 7) is 3.07. The van der Waals surface area contributed by atoms with Crippen molar-refractivity contribution in [1.29, 1.82) is 0 Å². The van der Waals surface area contributed by atoms with Gasteiger partial charge in [-0.3, -0.25) is 9.78 Å². The standard InChI is InChI=1S/C16H25N3O6/c1-17-16(21)25-12-11-24-10-9-23-8-7-22-6-5-19-15(20)14-3-2-4-18-13-14/h2-4,13H,5-12H2,1H3,(H,17,21)(H,19,20). The molecule has 0 saturated heterocycles. The summed E-state index contributed by atoms with van der Waals surface area (Å²) in [5.41, 5.74) is 0.520. The number of aromatic nitrogens is 1. The SMILES string of the molecule is CNC(=O)OCCOCCOCCOCCNC(=O)c1cccnc1. The third-order valence-electron chi connectivity index (χ3n) is 2.86. The van der Waals surface area contributed by atoms with Crippen molar-refractivity contribution in [2.24, 2.45) is 0 Å². The maximum atomic E-state index is 11.7. The monoisotopic (exact) mass is 355 g/mol. The van der Waals surface area contributed by atoms with E-state index >= 15 is 0 Å². The lowest BCUT2D eigenvalue weighted by Crippen LogP contribution is -2.27. The molecule has 9 nitrogen and oxygen atoms in total. The Morgan fingerprint density at radius 3 is 2.24 bits per heavy atom. The zero-order chi connectivity index (χ0) is 18.2. The number of amides is 2. The van der Waals surface area contributed by atoms with Gasteiger partial charge in [0.1, 0.15) is 6.61 Å². The summed E-state index contributed by atoms with van der Waals surface area (Å²) < 4.78 is 20.6. The lowest BCUT2D eigenvalue weighted by atomic mass is 10.3. The Bertz CT molecular complexity index is 486. The van der Waals surface area contributed by atoms with E-state index in [1.807, 2.05) is 0 Å². The maximum Gasteiger partial charge on any atom is 0.406 e. The highest BCUT2D eigenvalue weighted by molar-refractivity contribution is 5.93. The Labute approximate surface area is 147 Å². The fourth-order valence-corrected chi connectivity index (χ4v) is 1.64. The van der Waals surface area contributed by atoms with E-state index in [0.717, 1.165) is 0 Å². The average molecular weight is 355 g/mol. The lowest BCUT2D eigenvalue weighted by Gasteiger charge is -2.08. The van der Waals surface area contributed by atoms with Gasteiger partial charge in [-0.15, -0.1) is 0 Å². The number of nitrogens with one attached hydrogen (secondary N) is 2. The van der Waals surface area contributed by atoms with Crippen LogP contribution in [0.15, 0.2) is 24.5 Å². The number of ether oxygens (including phenoxy) is 4. The van der Waals surface area contributed by atoms with Crippen molar-refractivity contribution in [3.8, 4) is 0 Å². The normalized spacial score (nSPS) is 10.3. The van der Waals surface area contributed by atoms with Gasteiger partial charge < -0.3 is 29.6 Å². The van der Waals surface area contributed by atoms with E-state index in [9.17, 15) is 9.59 Å². The molecule has 0 unspecified atom stereocenters. The van der Waals surface area contributed by atoms with Gasteiger partial charge in [-0.1, -0.05) is 0 Å². The van der Waals surface area contributed by atoms with Crippen molar-refractivity contribution in [3.63, 3.8) is 0 Å². The molecule has 0 aliphatic carbocycles. The molecule has 1 aromatic heterocycles. The second-order valence-corrected chi connectivity index (χ2v) is 4.72. The Hall–Kier alpha value is -2.23. The van der Waals surface area contributed by atoms with Crippen LogP contribution in [-0.2, 0) is 18.9 Å². The Balaban J connectivity index is 1.82. The highest BCUT2D eigenvalue weighted by Gasteiger charge is 2.03. The van der Waals surface area contributed by atoms with Crippen LogP contribution in [0.3, 0.4) is 0 Å². The van der Waals surface area contributed by atoms with Crippen LogP contribution in [-0.4, -0.2) is 76.8 Å². The number of nitrogens with zero attached hydrogens (tertiary/aromatic N) is 1. The first-order valence-corrected chi connectivity index (χ1v) is 8.00. The van der Waals surface area contributed by atoms with E-state index in [4.69, 9.17) is 18.9 Å². The van der Waals surface area contributed by atoms with Crippen LogP contribution in [0.4, 0.5) is 4.79 Å². The minimum absolute atomic E-state index is 0.175. The Kier molecular flexibility index (Phi) is 11.8. The topological polar surface area (TPSA) is 108 Å². The zero-order valence-electron chi connectivity index (χ0n) is 14.4. The van der Waals surface area contributed by atoms with Crippen LogP contribution in [0.5, 0.6) is 0 Å². The van der Waals surface area contributed by atoms with Gasteiger partial charge in [0.15, 0.2) is 0 Å². The fourth-order valence-electron chi connectivity index (χ4n) is 1.64. The second-order valence-electron chi connectivity index (χ2n) is 4.72. The number of hydrogen-bond donors (Lipinski definition) is 2. The predicted octanol–water partition coefficient (Wildman–Crippen LogP) is 0.217. The first-order valence-electron chi connectivity index (χ1n) is 8.00. The molecule has 0 atom stereocenters. The lowest BCUT2D eigenvalue weighted by molar-refractivity contribution is 0.00631. The zero-order valence-corrected chi connectivity index (χ0v) is 14.4. The molecule has 140 valence electrons. The number of carbonyl (C=O) groups is 2. The molecule has 0 bridgehead atoms. The molecule has 25 heavy (non-hydrogen) atoms. The van der Waals surface area contributed by atoms with Gasteiger partial charge in [0.05, 0.1) is 45.2 Å². The minimum Gasteiger partial charge on any atom is -0.447 e. The summed E-state index contributed by atoms with van der Waals surface area (Å²) in [6.07, 6.45) is 2.65. The van der Waals surface area contributed by atoms with Crippen molar-refractivity contribution in [1.82, 2.24) is 15.6 Å². The van der Waals surface area contributed by atoms with Crippen molar-refractivity contribution in [2.45, 2.75) is 0 Å². The Morgan fingerprint density at radius 2 is 1.64 bits per heavy atom. The highest BCUT2D eigenvalue weighted by Crippen LogP contribution is 1.94. The molecule has 2 N–H and O–H groups in total. The van der Waals surface area contributed by atoms with Gasteiger partial charge in [0, 0.05) is 26.0 Å². The Morgan fingerprint density at radius 1 is 1.00 bits per heavy atom. The second kappa shape index (κ2) is 14.1. The number of carbonyl (C=O) groups excluding carboxylic acids is 2. The van der Waals surface area contributed by atoms with Gasteiger partial charge in [-0.25, -0.2) is 4.79 Å². The summed E-state index contributed by atoms with van der Waals surface area (Å²) >= 11 is 0. The molecule has 0 fully saturated rings. The fraction of sp³-hybridized carbons (Fsp3) is 0.562. The van der Waals surface area contributed by atoms with Crippen LogP contribution in [0, 0.1) is 0 Å². The molecule has 1 heterocycles. The van der Waals surface area contributed by atoms with Crippen molar-refractivity contribution in [2.75, 3.05) is 59.8 Å². The van der Waals surface area contributed by atoms with E-state index in [1.54, 1.807) is 18.3 Å². The van der Waals surface area contributed by atoms with Crippen LogP contribution in [0.1, 0.15) is 10.4 Å². The third kappa shape index (κ3) is 11.0. The molecule has 9 heteroatoms. The smallest absolute Gasteiger partial charge is 0.406 e. The molecule has 0 aliphatic heterocycles. The largest absolute Gasteiger partial charge is 0.447 e. The van der Waals surface area contributed by atoms with E-state index in [1.165, 1.54) is 13.2 Å². The van der Waals surface area contributed by atoms with Gasteiger partial charge in [-0.2, -0.15) is 0 Å². The van der Waals surface area contributed by atoms with Crippen LogP contribution < -0.4 is 10.6 Å². The van der Waals surface area contributed by atoms with Crippen molar-refractivity contribution >= 4 is 12.0 Å². The van der Waals surface area contributed by atoms with Gasteiger partial charge >= 0.3 is 6.09 Å². The van der Waals surface area contributed by atoms with Crippen LogP contribution in [0.2, 0.25) is 0 Å². The number of alkyl carbamates (subject to hydrolysis) is 1. The van der Waals surface area contributed by atoms with Crippen molar-refractivity contribution in [3.05, 3.63) is 30.1 Å². The number of pyridine rings is 1. The third-order valence-corrected chi connectivity index (χ3v) is 2.86. The quantitative estimate of drug-likeness (QED) is 0.487. The molecule has 1 rings (SSSR count). The van der Waals surface area contributed by atoms with Crippen LogP contribution in [0.25, 0.3) is 0 Å². The molecule has 0 spiro atoms. The summed E-state index contributed by atoms with van der Waals surface area (Å²) in [5.74, 6) is -0.175. The average Bonchev–Trinajstić information content (AvgIpc) is 2.65. The summed E-state index contributed by atoms with van der Waals surface area (Å²) in [7, 11) is 1.49. The molecule has 0 saturated carbocycles. The molecule has 2 amide bonds. The number of hydrogen-bond acceptors (Lipinski definition) is 7. The van der Waals surface area contributed by atoms with Crippen molar-refractivity contribution < 1.29 is 28.5 Å². The van der Waals surface area contributed by atoms with Gasteiger partial charge in [0.25, 0.3) is 5.91 Å². The van der Waals surface area contributed by atoms with E-state index in [-0.39, 0.29) is 12.5 Å². The maximum absolute atomic E-state index is 11.7. The summed E-state index contributed by atoms with van der Waals surface area (Å²) in [4.78, 5) is 26.3. The van der Waals surface area contributed by atoms with E-state index < -0.39 is 6.09 Å². The summed E-state index contributed by atoms with van der Waals surface area (Å²) in [5, 5.41) is 5.07. The first kappa shape index (κ1) is 20.8. The molecule has 0 radical (unpaired) electrons. The van der Waals surface area contributed by atoms with Gasteiger partial charge in [-0.05, 0) is 12.1 Å². The first-order chi connectivity index (χ1) is 12.2. The molecular weight excluding hydrogens is 330 g/mol. The van der Waals surface area contributed by atoms with E-state index in [2.05, 4.69) is 15.6 Å². The van der Waals surface area contributed by atoms with Crippen LogP contribution >= 0.6 is 0 Å². The number of rotatable bonds is 13. The highest BCUT2D eigenvalue weighted by atomic mass is 16.6. The summed E-state index contributed by atoms with van der Waals surface area (Å²) in [6, 6.07) is 3.41. The predicted molar refractivity (Wildman–Crippen MR) is 89.4 cm³/mol. The molecule has 1 aromatic rings. The molecule has 0 aliphatic rings. The van der Waals surface area contributed by atoms with Gasteiger partial charge in [0.2, 0.25) is 0 Å². The van der Waals surface area contributed by atoms with E-state index in [0.29, 0.717) is 51.7 Å². The molecule has 0 aromatic carbocycles. The molecular formula is C16H25N3O6.